The number of carbonyl (C=O) groups excluding carboxylic acids is 1. The molecule has 0 fully saturated rings. The molecule has 0 rings (SSSR count). The number of carboxylic acids is 1. The first kappa shape index (κ1) is 15.9. The lowest BCUT2D eigenvalue weighted by Gasteiger charge is -2.18. The van der Waals surface area contributed by atoms with Crippen LogP contribution in [-0.4, -0.2) is 29.6 Å². The van der Waals surface area contributed by atoms with Gasteiger partial charge in [0.1, 0.15) is 6.04 Å². The van der Waals surface area contributed by atoms with E-state index in [0.717, 1.165) is 12.8 Å². The Labute approximate surface area is 103 Å². The first-order valence-corrected chi connectivity index (χ1v) is 6.10. The summed E-state index contributed by atoms with van der Waals surface area (Å²) in [5, 5.41) is 11.5. The quantitative estimate of drug-likeness (QED) is 0.593. The number of nitrogens with two attached hydrogens (primary N) is 1. The van der Waals surface area contributed by atoms with Crippen LogP contribution in [0.5, 0.6) is 0 Å². The molecule has 5 heteroatoms. The minimum atomic E-state index is -0.983. The van der Waals surface area contributed by atoms with Gasteiger partial charge in [0.25, 0.3) is 0 Å². The van der Waals surface area contributed by atoms with E-state index in [1.165, 1.54) is 0 Å². The fourth-order valence-electron chi connectivity index (χ4n) is 1.57. The first-order valence-electron chi connectivity index (χ1n) is 6.10. The van der Waals surface area contributed by atoms with Crippen molar-refractivity contribution in [1.29, 1.82) is 0 Å². The Morgan fingerprint density at radius 1 is 1.24 bits per heavy atom. The average molecular weight is 244 g/mol. The highest BCUT2D eigenvalue weighted by atomic mass is 16.4. The van der Waals surface area contributed by atoms with Gasteiger partial charge in [-0.25, -0.2) is 4.79 Å². The number of rotatable bonds is 8. The monoisotopic (exact) mass is 244 g/mol. The fourth-order valence-corrected chi connectivity index (χ4v) is 1.57. The smallest absolute Gasteiger partial charge is 0.326 e. The normalized spacial score (nSPS) is 14.4. The lowest BCUT2D eigenvalue weighted by molar-refractivity contribution is -0.143. The van der Waals surface area contributed by atoms with Crippen LogP contribution in [0.2, 0.25) is 0 Å². The number of hydrogen-bond acceptors (Lipinski definition) is 3. The molecule has 4 N–H and O–H groups in total. The molecule has 1 amide bonds. The van der Waals surface area contributed by atoms with Crippen LogP contribution in [-0.2, 0) is 9.59 Å². The van der Waals surface area contributed by atoms with Gasteiger partial charge in [0, 0.05) is 6.42 Å². The van der Waals surface area contributed by atoms with Gasteiger partial charge in [-0.1, -0.05) is 20.8 Å². The summed E-state index contributed by atoms with van der Waals surface area (Å²) in [6.45, 7) is 6.20. The maximum Gasteiger partial charge on any atom is 0.326 e. The second kappa shape index (κ2) is 8.06. The molecule has 1 unspecified atom stereocenters. The van der Waals surface area contributed by atoms with Gasteiger partial charge in [-0.2, -0.15) is 0 Å². The highest BCUT2D eigenvalue weighted by Crippen LogP contribution is 2.09. The lowest BCUT2D eigenvalue weighted by atomic mass is 10.0. The van der Waals surface area contributed by atoms with E-state index in [1.54, 1.807) is 13.8 Å². The number of hydrogen-bond donors (Lipinski definition) is 3. The van der Waals surface area contributed by atoms with Crippen molar-refractivity contribution in [3.05, 3.63) is 0 Å². The second-order valence-corrected chi connectivity index (χ2v) is 4.85. The molecule has 0 heterocycles. The molecule has 0 radical (unpaired) electrons. The van der Waals surface area contributed by atoms with Crippen molar-refractivity contribution in [2.24, 2.45) is 17.6 Å². The van der Waals surface area contributed by atoms with Crippen LogP contribution in [0.1, 0.15) is 40.0 Å². The molecule has 0 aromatic carbocycles. The van der Waals surface area contributed by atoms with E-state index in [2.05, 4.69) is 5.32 Å². The SMILES string of the molecule is CC(CCN)CCC(=O)N[C@H](C(=O)O)C(C)C. The molecule has 17 heavy (non-hydrogen) atoms. The van der Waals surface area contributed by atoms with Crippen molar-refractivity contribution in [3.8, 4) is 0 Å². The van der Waals surface area contributed by atoms with E-state index in [-0.39, 0.29) is 11.8 Å². The van der Waals surface area contributed by atoms with E-state index in [1.807, 2.05) is 6.92 Å². The second-order valence-electron chi connectivity index (χ2n) is 4.85. The summed E-state index contributed by atoms with van der Waals surface area (Å²) in [5.41, 5.74) is 5.42. The molecule has 0 aromatic rings. The van der Waals surface area contributed by atoms with Crippen LogP contribution >= 0.6 is 0 Å². The van der Waals surface area contributed by atoms with Gasteiger partial charge < -0.3 is 16.2 Å². The van der Waals surface area contributed by atoms with Crippen LogP contribution in [0.15, 0.2) is 0 Å². The highest BCUT2D eigenvalue weighted by molar-refractivity contribution is 5.83. The number of carboxylic acid groups (broad SMARTS) is 1. The molecule has 0 bridgehead atoms. The molecule has 0 aliphatic heterocycles. The van der Waals surface area contributed by atoms with Gasteiger partial charge in [-0.15, -0.1) is 0 Å². The summed E-state index contributed by atoms with van der Waals surface area (Å²) in [6.07, 6.45) is 1.99. The predicted octanol–water partition coefficient (Wildman–Crippen LogP) is 0.977. The molecular weight excluding hydrogens is 220 g/mol. The summed E-state index contributed by atoms with van der Waals surface area (Å²) < 4.78 is 0. The van der Waals surface area contributed by atoms with E-state index in [0.29, 0.717) is 18.9 Å². The Balaban J connectivity index is 4.03. The van der Waals surface area contributed by atoms with Crippen molar-refractivity contribution in [1.82, 2.24) is 5.32 Å². The van der Waals surface area contributed by atoms with E-state index >= 15 is 0 Å². The largest absolute Gasteiger partial charge is 0.480 e. The van der Waals surface area contributed by atoms with E-state index < -0.39 is 12.0 Å². The summed E-state index contributed by atoms with van der Waals surface area (Å²) in [7, 11) is 0. The van der Waals surface area contributed by atoms with Crippen LogP contribution in [0.25, 0.3) is 0 Å². The van der Waals surface area contributed by atoms with Crippen molar-refractivity contribution in [3.63, 3.8) is 0 Å². The van der Waals surface area contributed by atoms with Crippen LogP contribution in [0, 0.1) is 11.8 Å². The third kappa shape index (κ3) is 6.94. The van der Waals surface area contributed by atoms with E-state index in [4.69, 9.17) is 10.8 Å². The molecule has 5 nitrogen and oxygen atoms in total. The third-order valence-corrected chi connectivity index (χ3v) is 2.77. The maximum atomic E-state index is 11.6. The van der Waals surface area contributed by atoms with Gasteiger partial charge in [0.2, 0.25) is 5.91 Å². The Kier molecular flexibility index (Phi) is 7.54. The molecule has 2 atom stereocenters. The maximum absolute atomic E-state index is 11.6. The Morgan fingerprint density at radius 2 is 1.82 bits per heavy atom. The summed E-state index contributed by atoms with van der Waals surface area (Å²) in [5.74, 6) is -0.899. The molecular formula is C12H24N2O3. The first-order chi connectivity index (χ1) is 7.88. The van der Waals surface area contributed by atoms with Gasteiger partial charge in [0.15, 0.2) is 0 Å². The highest BCUT2D eigenvalue weighted by Gasteiger charge is 2.23. The fraction of sp³-hybridized carbons (Fsp3) is 0.833. The van der Waals surface area contributed by atoms with Crippen LogP contribution in [0.3, 0.4) is 0 Å². The van der Waals surface area contributed by atoms with Crippen LogP contribution in [0.4, 0.5) is 0 Å². The van der Waals surface area contributed by atoms with Crippen molar-refractivity contribution < 1.29 is 14.7 Å². The van der Waals surface area contributed by atoms with Crippen molar-refractivity contribution >= 4 is 11.9 Å². The molecule has 0 spiro atoms. The van der Waals surface area contributed by atoms with Gasteiger partial charge in [-0.05, 0) is 31.2 Å². The Hall–Kier alpha value is -1.10. The van der Waals surface area contributed by atoms with Crippen molar-refractivity contribution in [2.75, 3.05) is 6.54 Å². The van der Waals surface area contributed by atoms with Gasteiger partial charge in [-0.3, -0.25) is 4.79 Å². The van der Waals surface area contributed by atoms with Gasteiger partial charge in [0.05, 0.1) is 0 Å². The number of aliphatic carboxylic acids is 1. The number of nitrogens with one attached hydrogen (secondary N) is 1. The molecule has 0 saturated heterocycles. The zero-order chi connectivity index (χ0) is 13.4. The minimum absolute atomic E-state index is 0.113. The molecule has 0 aromatic heterocycles. The number of carbonyl (C=O) groups is 2. The minimum Gasteiger partial charge on any atom is -0.480 e. The van der Waals surface area contributed by atoms with Crippen molar-refractivity contribution in [2.45, 2.75) is 46.1 Å². The Morgan fingerprint density at radius 3 is 2.24 bits per heavy atom. The molecule has 0 aliphatic carbocycles. The standard InChI is InChI=1S/C12H24N2O3/c1-8(2)11(12(16)17)14-10(15)5-4-9(3)6-7-13/h8-9,11H,4-7,13H2,1-3H3,(H,14,15)(H,16,17)/t9?,11-/m0/s1. The zero-order valence-corrected chi connectivity index (χ0v) is 10.9. The third-order valence-electron chi connectivity index (χ3n) is 2.77. The average Bonchev–Trinajstić information content (AvgIpc) is 2.22. The van der Waals surface area contributed by atoms with E-state index in [9.17, 15) is 9.59 Å². The Bertz CT molecular complexity index is 254. The topological polar surface area (TPSA) is 92.4 Å². The predicted molar refractivity (Wildman–Crippen MR) is 66.5 cm³/mol. The molecule has 100 valence electrons. The summed E-state index contributed by atoms with van der Waals surface area (Å²) >= 11 is 0. The van der Waals surface area contributed by atoms with Crippen LogP contribution < -0.4 is 11.1 Å². The van der Waals surface area contributed by atoms with Gasteiger partial charge >= 0.3 is 5.97 Å². The zero-order valence-electron chi connectivity index (χ0n) is 10.9. The summed E-state index contributed by atoms with van der Waals surface area (Å²) in [6, 6.07) is -0.799. The summed E-state index contributed by atoms with van der Waals surface area (Å²) in [4.78, 5) is 22.5. The lowest BCUT2D eigenvalue weighted by Crippen LogP contribution is -2.44. The molecule has 0 aliphatic rings. The number of amides is 1. The molecule has 0 saturated carbocycles.